The molecule has 3 N–H and O–H groups in total. The maximum atomic E-state index is 12.6. The van der Waals surface area contributed by atoms with Gasteiger partial charge in [-0.15, -0.1) is 0 Å². The molecule has 2 amide bonds. The number of hydrogen-bond acceptors (Lipinski definition) is 5. The van der Waals surface area contributed by atoms with Crippen LogP contribution in [0.1, 0.15) is 22.2 Å². The summed E-state index contributed by atoms with van der Waals surface area (Å²) in [7, 11) is 0. The van der Waals surface area contributed by atoms with E-state index in [0.717, 1.165) is 4.47 Å². The Hall–Kier alpha value is -3.20. The molecule has 0 aliphatic heterocycles. The van der Waals surface area contributed by atoms with Gasteiger partial charge in [-0.3, -0.25) is 20.4 Å². The summed E-state index contributed by atoms with van der Waals surface area (Å²) in [5.41, 5.74) is 5.32. The fourth-order valence-electron chi connectivity index (χ4n) is 2.11. The molecule has 0 fully saturated rings. The minimum Gasteiger partial charge on any atom is -0.476 e. The number of amides is 2. The number of hydrogen-bond donors (Lipinski definition) is 3. The van der Waals surface area contributed by atoms with Gasteiger partial charge in [-0.25, -0.2) is 0 Å². The zero-order valence-corrected chi connectivity index (χ0v) is 14.9. The van der Waals surface area contributed by atoms with Crippen LogP contribution in [0.25, 0.3) is 0 Å². The molecule has 2 aromatic carbocycles. The molecule has 3 rings (SSSR count). The lowest BCUT2D eigenvalue weighted by atomic mass is 10.1. The Labute approximate surface area is 157 Å². The molecule has 0 spiro atoms. The first-order chi connectivity index (χ1) is 12.6. The minimum atomic E-state index is -0.949. The molecule has 0 saturated carbocycles. The molecule has 1 atom stereocenters. The van der Waals surface area contributed by atoms with Crippen LogP contribution in [0.2, 0.25) is 0 Å². The number of carbonyl (C=O) groups excluding carboxylic acids is 2. The first kappa shape index (κ1) is 17.6. The number of carbonyl (C=O) groups is 2. The number of nitrogens with zero attached hydrogens (tertiary/aromatic N) is 2. The quantitative estimate of drug-likeness (QED) is 0.553. The second kappa shape index (κ2) is 8.26. The standard InChI is InChI=1S/C17H14BrN5O3/c18-12-6-8-13(9-7-12)26-15(11-4-2-1-3-5-11)17(25)22-21-16(24)14-10-19-23-20-14/h1-10,15H,(H,21,24)(H,22,25)(H,19,20,23). The number of nitrogens with one attached hydrogen (secondary N) is 3. The van der Waals surface area contributed by atoms with Gasteiger partial charge in [0, 0.05) is 10.0 Å². The maximum absolute atomic E-state index is 12.6. The summed E-state index contributed by atoms with van der Waals surface area (Å²) < 4.78 is 6.72. The average Bonchev–Trinajstić information content (AvgIpc) is 3.21. The van der Waals surface area contributed by atoms with Crippen molar-refractivity contribution < 1.29 is 14.3 Å². The van der Waals surface area contributed by atoms with Crippen molar-refractivity contribution in [2.24, 2.45) is 0 Å². The van der Waals surface area contributed by atoms with Crippen molar-refractivity contribution in [1.29, 1.82) is 0 Å². The van der Waals surface area contributed by atoms with Gasteiger partial charge in [0.2, 0.25) is 6.10 Å². The Morgan fingerprint density at radius 2 is 1.77 bits per heavy atom. The summed E-state index contributed by atoms with van der Waals surface area (Å²) in [6, 6.07) is 16.1. The van der Waals surface area contributed by atoms with Crippen LogP contribution in [-0.2, 0) is 4.79 Å². The van der Waals surface area contributed by atoms with Crippen LogP contribution < -0.4 is 15.6 Å². The highest BCUT2D eigenvalue weighted by atomic mass is 79.9. The van der Waals surface area contributed by atoms with Gasteiger partial charge in [0.05, 0.1) is 6.20 Å². The van der Waals surface area contributed by atoms with Crippen molar-refractivity contribution in [3.63, 3.8) is 0 Å². The molecule has 0 bridgehead atoms. The lowest BCUT2D eigenvalue weighted by Gasteiger charge is -2.19. The Balaban J connectivity index is 1.73. The molecule has 8 nitrogen and oxygen atoms in total. The normalized spacial score (nSPS) is 11.4. The average molecular weight is 416 g/mol. The zero-order chi connectivity index (χ0) is 18.4. The third-order valence-electron chi connectivity index (χ3n) is 3.35. The molecule has 0 aliphatic rings. The fourth-order valence-corrected chi connectivity index (χ4v) is 2.37. The fraction of sp³-hybridized carbons (Fsp3) is 0.0588. The maximum Gasteiger partial charge on any atom is 0.291 e. The molecule has 132 valence electrons. The third-order valence-corrected chi connectivity index (χ3v) is 3.88. The van der Waals surface area contributed by atoms with Crippen molar-refractivity contribution in [3.8, 4) is 5.75 Å². The smallest absolute Gasteiger partial charge is 0.291 e. The van der Waals surface area contributed by atoms with Crippen LogP contribution >= 0.6 is 15.9 Å². The zero-order valence-electron chi connectivity index (χ0n) is 13.3. The molecule has 3 aromatic rings. The molecule has 1 aromatic heterocycles. The van der Waals surface area contributed by atoms with Crippen LogP contribution in [0.5, 0.6) is 5.75 Å². The highest BCUT2D eigenvalue weighted by molar-refractivity contribution is 9.10. The van der Waals surface area contributed by atoms with E-state index < -0.39 is 17.9 Å². The number of rotatable bonds is 5. The second-order valence-electron chi connectivity index (χ2n) is 5.16. The monoisotopic (exact) mass is 415 g/mol. The Morgan fingerprint density at radius 3 is 2.42 bits per heavy atom. The van der Waals surface area contributed by atoms with Crippen molar-refractivity contribution >= 4 is 27.7 Å². The minimum absolute atomic E-state index is 0.0513. The molecule has 1 unspecified atom stereocenters. The molecular weight excluding hydrogens is 402 g/mol. The van der Waals surface area contributed by atoms with Gasteiger partial charge in [0.25, 0.3) is 11.8 Å². The van der Waals surface area contributed by atoms with Crippen molar-refractivity contribution in [2.45, 2.75) is 6.10 Å². The third kappa shape index (κ3) is 4.45. The summed E-state index contributed by atoms with van der Waals surface area (Å²) in [5, 5.41) is 9.50. The molecule has 26 heavy (non-hydrogen) atoms. The number of aromatic nitrogens is 3. The first-order valence-corrected chi connectivity index (χ1v) is 8.36. The van der Waals surface area contributed by atoms with Crippen molar-refractivity contribution in [1.82, 2.24) is 26.3 Å². The van der Waals surface area contributed by atoms with Crippen LogP contribution in [0.3, 0.4) is 0 Å². The van der Waals surface area contributed by atoms with E-state index in [1.165, 1.54) is 6.20 Å². The predicted octanol–water partition coefficient (Wildman–Crippen LogP) is 2.15. The summed E-state index contributed by atoms with van der Waals surface area (Å²) in [4.78, 5) is 24.5. The van der Waals surface area contributed by atoms with Crippen LogP contribution in [0.4, 0.5) is 0 Å². The van der Waals surface area contributed by atoms with Crippen LogP contribution in [0.15, 0.2) is 65.3 Å². The topological polar surface area (TPSA) is 109 Å². The van der Waals surface area contributed by atoms with Crippen molar-refractivity contribution in [2.75, 3.05) is 0 Å². The lowest BCUT2D eigenvalue weighted by Crippen LogP contribution is -2.45. The van der Waals surface area contributed by atoms with E-state index in [1.54, 1.807) is 36.4 Å². The van der Waals surface area contributed by atoms with E-state index in [4.69, 9.17) is 4.74 Å². The van der Waals surface area contributed by atoms with E-state index >= 15 is 0 Å². The van der Waals surface area contributed by atoms with Gasteiger partial charge >= 0.3 is 0 Å². The molecule has 0 aliphatic carbocycles. The highest BCUT2D eigenvalue weighted by Crippen LogP contribution is 2.23. The number of hydrazine groups is 1. The summed E-state index contributed by atoms with van der Waals surface area (Å²) >= 11 is 3.35. The summed E-state index contributed by atoms with van der Waals surface area (Å²) in [6.07, 6.45) is 0.295. The lowest BCUT2D eigenvalue weighted by molar-refractivity contribution is -0.129. The van der Waals surface area contributed by atoms with E-state index in [0.29, 0.717) is 11.3 Å². The van der Waals surface area contributed by atoms with Gasteiger partial charge < -0.3 is 4.74 Å². The van der Waals surface area contributed by atoms with Crippen LogP contribution in [0, 0.1) is 0 Å². The van der Waals surface area contributed by atoms with Gasteiger partial charge in [-0.05, 0) is 24.3 Å². The first-order valence-electron chi connectivity index (χ1n) is 7.56. The molecule has 0 radical (unpaired) electrons. The van der Waals surface area contributed by atoms with Gasteiger partial charge in [0.15, 0.2) is 5.69 Å². The summed E-state index contributed by atoms with van der Waals surface area (Å²) in [5.74, 6) is -0.612. The van der Waals surface area contributed by atoms with Gasteiger partial charge in [-0.1, -0.05) is 46.3 Å². The van der Waals surface area contributed by atoms with E-state index in [2.05, 4.69) is 42.2 Å². The Morgan fingerprint density at radius 1 is 1.04 bits per heavy atom. The highest BCUT2D eigenvalue weighted by Gasteiger charge is 2.23. The van der Waals surface area contributed by atoms with Crippen molar-refractivity contribution in [3.05, 3.63) is 76.5 Å². The SMILES string of the molecule is O=C(NNC(=O)C(Oc1ccc(Br)cc1)c1ccccc1)c1cn[nH]n1. The number of benzene rings is 2. The van der Waals surface area contributed by atoms with E-state index in [1.807, 2.05) is 18.2 Å². The largest absolute Gasteiger partial charge is 0.476 e. The molecular formula is C17H14BrN5O3. The second-order valence-corrected chi connectivity index (χ2v) is 6.08. The number of halogens is 1. The number of H-pyrrole nitrogens is 1. The van der Waals surface area contributed by atoms with E-state index in [9.17, 15) is 9.59 Å². The van der Waals surface area contributed by atoms with E-state index in [-0.39, 0.29) is 5.69 Å². The van der Waals surface area contributed by atoms with Crippen LogP contribution in [-0.4, -0.2) is 27.2 Å². The number of ether oxygens (including phenoxy) is 1. The van der Waals surface area contributed by atoms with Gasteiger partial charge in [0.1, 0.15) is 5.75 Å². The van der Waals surface area contributed by atoms with Gasteiger partial charge in [-0.2, -0.15) is 15.4 Å². The number of aromatic amines is 1. The Bertz CT molecular complexity index is 869. The molecule has 9 heteroatoms. The predicted molar refractivity (Wildman–Crippen MR) is 95.9 cm³/mol. The molecule has 1 heterocycles. The summed E-state index contributed by atoms with van der Waals surface area (Å²) in [6.45, 7) is 0. The molecule has 0 saturated heterocycles. The Kier molecular flexibility index (Phi) is 5.59.